The van der Waals surface area contributed by atoms with E-state index in [4.69, 9.17) is 0 Å². The third-order valence-electron chi connectivity index (χ3n) is 1.88. The van der Waals surface area contributed by atoms with Crippen LogP contribution in [0, 0.1) is 6.92 Å². The fraction of sp³-hybridized carbons (Fsp3) is 0.700. The second kappa shape index (κ2) is 6.47. The molecule has 0 saturated carbocycles. The Hall–Kier alpha value is -0.260. The molecule has 0 fully saturated rings. The summed E-state index contributed by atoms with van der Waals surface area (Å²) in [5.74, 6) is -3.91. The first-order valence-electron chi connectivity index (χ1n) is 4.78. The summed E-state index contributed by atoms with van der Waals surface area (Å²) in [6.07, 6.45) is -4.23. The van der Waals surface area contributed by atoms with E-state index in [0.717, 1.165) is 6.08 Å². The van der Waals surface area contributed by atoms with Gasteiger partial charge in [-0.3, -0.25) is 0 Å². The lowest BCUT2D eigenvalue weighted by molar-refractivity contribution is -0.265. The predicted molar refractivity (Wildman–Crippen MR) is 56.7 cm³/mol. The van der Waals surface area contributed by atoms with Crippen molar-refractivity contribution in [2.45, 2.75) is 31.9 Å². The topological polar surface area (TPSA) is 0 Å². The van der Waals surface area contributed by atoms with Crippen molar-refractivity contribution in [2.24, 2.45) is 0 Å². The molecular weight excluding hydrogens is 247 g/mol. The van der Waals surface area contributed by atoms with Gasteiger partial charge in [0.1, 0.15) is 0 Å². The van der Waals surface area contributed by atoms with E-state index >= 15 is 0 Å². The molecule has 0 unspecified atom stereocenters. The largest absolute Gasteiger partial charge is 0.457 e. The van der Waals surface area contributed by atoms with Gasteiger partial charge in [0.15, 0.2) is 0 Å². The maximum atomic E-state index is 12.9. The predicted octanol–water partition coefficient (Wildman–Crippen LogP) is 4.48. The molecule has 0 N–H and O–H groups in total. The summed E-state index contributed by atoms with van der Waals surface area (Å²) in [5.41, 5.74) is -0.864. The molecule has 1 radical (unpaired) electrons. The van der Waals surface area contributed by atoms with Crippen LogP contribution in [0.25, 0.3) is 0 Å². The van der Waals surface area contributed by atoms with Crippen LogP contribution in [0.3, 0.4) is 0 Å². The summed E-state index contributed by atoms with van der Waals surface area (Å²) in [6, 6.07) is 0. The van der Waals surface area contributed by atoms with Gasteiger partial charge in [-0.2, -0.15) is 33.7 Å². The van der Waals surface area contributed by atoms with Gasteiger partial charge >= 0.3 is 12.1 Å². The highest BCUT2D eigenvalue weighted by Crippen LogP contribution is 2.42. The van der Waals surface area contributed by atoms with Crippen molar-refractivity contribution in [3.05, 3.63) is 18.6 Å². The lowest BCUT2D eigenvalue weighted by Crippen LogP contribution is -2.38. The monoisotopic (exact) mass is 261 g/mol. The molecular formula is C10H14F5S. The summed E-state index contributed by atoms with van der Waals surface area (Å²) < 4.78 is 61.9. The minimum Gasteiger partial charge on any atom is -0.191 e. The van der Waals surface area contributed by atoms with Gasteiger partial charge in [-0.1, -0.05) is 19.9 Å². The van der Waals surface area contributed by atoms with Gasteiger partial charge in [0.2, 0.25) is 0 Å². The number of halogens is 5. The second-order valence-electron chi connectivity index (χ2n) is 3.08. The van der Waals surface area contributed by atoms with Crippen molar-refractivity contribution in [1.29, 1.82) is 0 Å². The minimum absolute atomic E-state index is 0.157. The number of rotatable bonds is 6. The average Bonchev–Trinajstić information content (AvgIpc) is 2.16. The molecule has 0 aliphatic rings. The van der Waals surface area contributed by atoms with Gasteiger partial charge in [-0.05, 0) is 18.6 Å². The van der Waals surface area contributed by atoms with Crippen LogP contribution in [0.1, 0.15) is 19.8 Å². The highest BCUT2D eigenvalue weighted by atomic mass is 32.2. The zero-order valence-electron chi connectivity index (χ0n) is 8.91. The molecule has 0 aromatic carbocycles. The Bertz CT molecular complexity index is 232. The van der Waals surface area contributed by atoms with Crippen LogP contribution in [0.5, 0.6) is 0 Å². The standard InChI is InChI=1S/C10H14F5S/c1-3-6-16-7-5-8(4-2)9(11,12)10(13,14)15/h5H,1,3-4,6-7H2,2H3. The minimum atomic E-state index is -5.51. The van der Waals surface area contributed by atoms with Crippen LogP contribution in [0.15, 0.2) is 11.6 Å². The number of alkyl halides is 5. The Labute approximate surface area is 96.3 Å². The van der Waals surface area contributed by atoms with Crippen LogP contribution in [-0.4, -0.2) is 23.6 Å². The Morgan fingerprint density at radius 2 is 1.81 bits per heavy atom. The SMILES string of the molecule is [CH2]CCSCC=C(CC)C(F)(F)C(F)(F)F. The molecule has 0 amide bonds. The normalized spacial score (nSPS) is 14.3. The van der Waals surface area contributed by atoms with Gasteiger partial charge in [-0.25, -0.2) is 0 Å². The van der Waals surface area contributed by atoms with Gasteiger partial charge in [-0.15, -0.1) is 0 Å². The van der Waals surface area contributed by atoms with Gasteiger partial charge in [0.05, 0.1) is 0 Å². The van der Waals surface area contributed by atoms with Crippen molar-refractivity contribution < 1.29 is 22.0 Å². The number of allylic oxidation sites excluding steroid dienone is 1. The van der Waals surface area contributed by atoms with E-state index in [1.54, 1.807) is 0 Å². The number of hydrogen-bond acceptors (Lipinski definition) is 1. The molecule has 95 valence electrons. The summed E-state index contributed by atoms with van der Waals surface area (Å²) in [5, 5.41) is 0. The molecule has 0 aliphatic heterocycles. The molecule has 0 spiro atoms. The van der Waals surface area contributed by atoms with Gasteiger partial charge in [0.25, 0.3) is 0 Å². The summed E-state index contributed by atoms with van der Waals surface area (Å²) in [6.45, 7) is 4.83. The quantitative estimate of drug-likeness (QED) is 0.386. The van der Waals surface area contributed by atoms with Crippen molar-refractivity contribution >= 4 is 11.8 Å². The molecule has 0 rings (SSSR count). The molecule has 6 heteroatoms. The van der Waals surface area contributed by atoms with Crippen LogP contribution in [-0.2, 0) is 0 Å². The third kappa shape index (κ3) is 4.31. The molecule has 0 bridgehead atoms. The van der Waals surface area contributed by atoms with Crippen molar-refractivity contribution in [2.75, 3.05) is 11.5 Å². The zero-order valence-corrected chi connectivity index (χ0v) is 9.73. The van der Waals surface area contributed by atoms with Crippen LogP contribution < -0.4 is 0 Å². The summed E-state index contributed by atoms with van der Waals surface area (Å²) in [4.78, 5) is 0. The van der Waals surface area contributed by atoms with Gasteiger partial charge < -0.3 is 0 Å². The Morgan fingerprint density at radius 1 is 1.25 bits per heavy atom. The van der Waals surface area contributed by atoms with Crippen molar-refractivity contribution in [3.8, 4) is 0 Å². The fourth-order valence-electron chi connectivity index (χ4n) is 1.02. The highest BCUT2D eigenvalue weighted by Gasteiger charge is 2.59. The zero-order chi connectivity index (χ0) is 12.8. The molecule has 0 aromatic rings. The van der Waals surface area contributed by atoms with E-state index in [0.29, 0.717) is 12.2 Å². The van der Waals surface area contributed by atoms with Crippen molar-refractivity contribution in [1.82, 2.24) is 0 Å². The highest BCUT2D eigenvalue weighted by molar-refractivity contribution is 7.99. The fourth-order valence-corrected chi connectivity index (χ4v) is 1.71. The van der Waals surface area contributed by atoms with E-state index in [9.17, 15) is 22.0 Å². The number of thioether (sulfide) groups is 1. The maximum absolute atomic E-state index is 12.9. The molecule has 0 atom stereocenters. The molecule has 0 nitrogen and oxygen atoms in total. The summed E-state index contributed by atoms with van der Waals surface area (Å²) in [7, 11) is 0. The molecule has 0 aromatic heterocycles. The van der Waals surface area contributed by atoms with Crippen LogP contribution in [0.4, 0.5) is 22.0 Å². The van der Waals surface area contributed by atoms with E-state index in [2.05, 4.69) is 6.92 Å². The first-order chi connectivity index (χ1) is 7.27. The lowest BCUT2D eigenvalue weighted by Gasteiger charge is -2.21. The van der Waals surface area contributed by atoms with E-state index in [1.165, 1.54) is 18.7 Å². The van der Waals surface area contributed by atoms with E-state index in [-0.39, 0.29) is 12.2 Å². The van der Waals surface area contributed by atoms with E-state index < -0.39 is 17.7 Å². The third-order valence-corrected chi connectivity index (χ3v) is 2.86. The van der Waals surface area contributed by atoms with Gasteiger partial charge in [0, 0.05) is 11.3 Å². The summed E-state index contributed by atoms with van der Waals surface area (Å²) >= 11 is 1.28. The average molecular weight is 261 g/mol. The molecule has 0 saturated heterocycles. The smallest absolute Gasteiger partial charge is 0.191 e. The Balaban J connectivity index is 4.59. The van der Waals surface area contributed by atoms with E-state index in [1.807, 2.05) is 0 Å². The lowest BCUT2D eigenvalue weighted by atomic mass is 10.1. The molecule has 16 heavy (non-hydrogen) atoms. The Kier molecular flexibility index (Phi) is 6.36. The Morgan fingerprint density at radius 3 is 2.19 bits per heavy atom. The van der Waals surface area contributed by atoms with Crippen LogP contribution in [0.2, 0.25) is 0 Å². The van der Waals surface area contributed by atoms with Crippen LogP contribution >= 0.6 is 11.8 Å². The first-order valence-corrected chi connectivity index (χ1v) is 5.93. The maximum Gasteiger partial charge on any atom is 0.457 e. The first kappa shape index (κ1) is 15.7. The number of hydrogen-bond donors (Lipinski definition) is 0. The second-order valence-corrected chi connectivity index (χ2v) is 4.23. The van der Waals surface area contributed by atoms with Crippen molar-refractivity contribution in [3.63, 3.8) is 0 Å². The molecule has 0 heterocycles. The molecule has 0 aliphatic carbocycles.